The van der Waals surface area contributed by atoms with Gasteiger partial charge in [0, 0.05) is 18.3 Å². The summed E-state index contributed by atoms with van der Waals surface area (Å²) in [6.45, 7) is 9.20. The lowest BCUT2D eigenvalue weighted by molar-refractivity contribution is 0.131. The molecule has 1 fully saturated rings. The highest BCUT2D eigenvalue weighted by atomic mass is 16.3. The fraction of sp³-hybridized carbons (Fsp3) is 0.667. The van der Waals surface area contributed by atoms with E-state index in [1.807, 2.05) is 20.0 Å². The van der Waals surface area contributed by atoms with Crippen LogP contribution in [-0.2, 0) is 6.42 Å². The summed E-state index contributed by atoms with van der Waals surface area (Å²) in [5.74, 6) is 0. The van der Waals surface area contributed by atoms with Gasteiger partial charge in [-0.25, -0.2) is 0 Å². The van der Waals surface area contributed by atoms with Crippen molar-refractivity contribution in [1.29, 1.82) is 0 Å². The molecule has 0 aromatic carbocycles. The molecule has 1 aromatic heterocycles. The first kappa shape index (κ1) is 15.0. The molecule has 0 saturated carbocycles. The molecule has 3 heteroatoms. The van der Waals surface area contributed by atoms with E-state index >= 15 is 0 Å². The molecule has 2 heterocycles. The number of aliphatic hydroxyl groups excluding tert-OH is 1. The van der Waals surface area contributed by atoms with Crippen molar-refractivity contribution in [3.8, 4) is 0 Å². The number of aromatic nitrogens is 1. The average Bonchev–Trinajstić information content (AvgIpc) is 2.41. The van der Waals surface area contributed by atoms with Gasteiger partial charge in [-0.1, -0.05) is 20.8 Å². The van der Waals surface area contributed by atoms with Crippen LogP contribution in [0.25, 0.3) is 0 Å². The number of hydrogen-bond donors (Lipinski definition) is 1. The molecule has 2 rings (SSSR count). The predicted molar refractivity (Wildman–Crippen MR) is 77.0 cm³/mol. The molecule has 2 unspecified atom stereocenters. The number of pyridine rings is 1. The first-order valence-electron chi connectivity index (χ1n) is 7.10. The lowest BCUT2D eigenvalue weighted by Gasteiger charge is -2.37. The zero-order valence-electron chi connectivity index (χ0n) is 12.1. The third-order valence-electron chi connectivity index (χ3n) is 3.35. The molecule has 0 bridgehead atoms. The van der Waals surface area contributed by atoms with Crippen LogP contribution in [0.1, 0.15) is 46.2 Å². The van der Waals surface area contributed by atoms with E-state index in [2.05, 4.69) is 35.9 Å². The Labute approximate surface area is 111 Å². The van der Waals surface area contributed by atoms with E-state index in [-0.39, 0.29) is 6.10 Å². The van der Waals surface area contributed by atoms with Gasteiger partial charge >= 0.3 is 0 Å². The summed E-state index contributed by atoms with van der Waals surface area (Å²) >= 11 is 0. The summed E-state index contributed by atoms with van der Waals surface area (Å²) in [6, 6.07) is 4.63. The van der Waals surface area contributed by atoms with Crippen LogP contribution in [0.15, 0.2) is 18.3 Å². The quantitative estimate of drug-likeness (QED) is 0.876. The van der Waals surface area contributed by atoms with Crippen molar-refractivity contribution in [3.05, 3.63) is 24.0 Å². The Morgan fingerprint density at radius 3 is 2.61 bits per heavy atom. The van der Waals surface area contributed by atoms with Gasteiger partial charge in [-0.15, -0.1) is 0 Å². The minimum atomic E-state index is -0.130. The summed E-state index contributed by atoms with van der Waals surface area (Å²) in [5, 5.41) is 9.58. The van der Waals surface area contributed by atoms with Crippen LogP contribution in [-0.4, -0.2) is 28.8 Å². The van der Waals surface area contributed by atoms with E-state index < -0.39 is 0 Å². The van der Waals surface area contributed by atoms with Crippen LogP contribution in [0.4, 0.5) is 5.69 Å². The highest BCUT2D eigenvalue weighted by Crippen LogP contribution is 2.24. The fourth-order valence-corrected chi connectivity index (χ4v) is 2.33. The van der Waals surface area contributed by atoms with E-state index in [1.54, 1.807) is 0 Å². The lowest BCUT2D eigenvalue weighted by atomic mass is 10.0. The highest BCUT2D eigenvalue weighted by molar-refractivity contribution is 5.46. The smallest absolute Gasteiger partial charge is 0.0576 e. The topological polar surface area (TPSA) is 36.4 Å². The Morgan fingerprint density at radius 1 is 1.39 bits per heavy atom. The highest BCUT2D eigenvalue weighted by Gasteiger charge is 2.24. The second-order valence-electron chi connectivity index (χ2n) is 4.58. The predicted octanol–water partition coefficient (Wildman–Crippen LogP) is 3.02. The molecule has 2 atom stereocenters. The summed E-state index contributed by atoms with van der Waals surface area (Å²) in [5.41, 5.74) is 2.31. The monoisotopic (exact) mass is 250 g/mol. The van der Waals surface area contributed by atoms with Crippen molar-refractivity contribution in [3.63, 3.8) is 0 Å². The Hall–Kier alpha value is -1.09. The molecule has 1 saturated heterocycles. The lowest BCUT2D eigenvalue weighted by Crippen LogP contribution is -2.42. The summed E-state index contributed by atoms with van der Waals surface area (Å²) in [7, 11) is 0. The maximum Gasteiger partial charge on any atom is 0.0576 e. The molecule has 0 radical (unpaired) electrons. The van der Waals surface area contributed by atoms with Gasteiger partial charge in [0.15, 0.2) is 0 Å². The third-order valence-corrected chi connectivity index (χ3v) is 3.35. The van der Waals surface area contributed by atoms with Crippen molar-refractivity contribution in [2.75, 3.05) is 11.4 Å². The second-order valence-corrected chi connectivity index (χ2v) is 4.58. The Kier molecular flexibility index (Phi) is 6.13. The summed E-state index contributed by atoms with van der Waals surface area (Å²) in [4.78, 5) is 6.75. The van der Waals surface area contributed by atoms with Crippen LogP contribution in [0.2, 0.25) is 0 Å². The SMILES string of the molecule is CC.CCc1ccc(N2CCC(O)CC2C)cn1. The molecular formula is C15H26N2O. The van der Waals surface area contributed by atoms with Gasteiger partial charge in [0.05, 0.1) is 18.0 Å². The maximum absolute atomic E-state index is 9.58. The molecule has 1 aromatic rings. The second kappa shape index (κ2) is 7.37. The van der Waals surface area contributed by atoms with Gasteiger partial charge in [-0.05, 0) is 38.3 Å². The van der Waals surface area contributed by atoms with Gasteiger partial charge < -0.3 is 10.0 Å². The van der Waals surface area contributed by atoms with Gasteiger partial charge in [0.2, 0.25) is 0 Å². The molecule has 18 heavy (non-hydrogen) atoms. The molecule has 3 nitrogen and oxygen atoms in total. The van der Waals surface area contributed by atoms with Gasteiger partial charge in [-0.3, -0.25) is 4.98 Å². The van der Waals surface area contributed by atoms with Gasteiger partial charge in [-0.2, -0.15) is 0 Å². The molecule has 0 aliphatic carbocycles. The Balaban J connectivity index is 0.000000771. The van der Waals surface area contributed by atoms with Crippen LogP contribution < -0.4 is 4.90 Å². The number of hydrogen-bond acceptors (Lipinski definition) is 3. The number of piperidine rings is 1. The van der Waals surface area contributed by atoms with E-state index in [9.17, 15) is 5.11 Å². The zero-order valence-corrected chi connectivity index (χ0v) is 12.1. The van der Waals surface area contributed by atoms with Crippen LogP contribution >= 0.6 is 0 Å². The standard InChI is InChI=1S/C13H20N2O.C2H6/c1-3-11-4-5-12(9-14-11)15-7-6-13(16)8-10(15)2;1-2/h4-5,9-10,13,16H,3,6-8H2,1-2H3;1-2H3. The first-order valence-corrected chi connectivity index (χ1v) is 7.10. The molecular weight excluding hydrogens is 224 g/mol. The maximum atomic E-state index is 9.58. The van der Waals surface area contributed by atoms with Crippen molar-refractivity contribution in [2.24, 2.45) is 0 Å². The van der Waals surface area contributed by atoms with E-state index in [0.717, 1.165) is 31.5 Å². The molecule has 1 aliphatic rings. The third kappa shape index (κ3) is 3.70. The summed E-state index contributed by atoms with van der Waals surface area (Å²) in [6.07, 6.45) is 4.52. The summed E-state index contributed by atoms with van der Waals surface area (Å²) < 4.78 is 0. The zero-order chi connectivity index (χ0) is 13.5. The van der Waals surface area contributed by atoms with Crippen LogP contribution in [0.3, 0.4) is 0 Å². The van der Waals surface area contributed by atoms with Crippen LogP contribution in [0, 0.1) is 0 Å². The van der Waals surface area contributed by atoms with Gasteiger partial charge in [0.1, 0.15) is 0 Å². The molecule has 1 N–H and O–H groups in total. The van der Waals surface area contributed by atoms with Crippen molar-refractivity contribution in [1.82, 2.24) is 4.98 Å². The van der Waals surface area contributed by atoms with Crippen LogP contribution in [0.5, 0.6) is 0 Å². The number of anilines is 1. The Morgan fingerprint density at radius 2 is 2.11 bits per heavy atom. The Bertz CT molecular complexity index is 337. The molecule has 0 amide bonds. The normalized spacial score (nSPS) is 23.3. The molecule has 1 aliphatic heterocycles. The molecule has 0 spiro atoms. The average molecular weight is 250 g/mol. The van der Waals surface area contributed by atoms with Crippen molar-refractivity contribution in [2.45, 2.75) is 59.1 Å². The first-order chi connectivity index (χ1) is 8.70. The van der Waals surface area contributed by atoms with Crippen molar-refractivity contribution < 1.29 is 5.11 Å². The minimum Gasteiger partial charge on any atom is -0.393 e. The fourth-order valence-electron chi connectivity index (χ4n) is 2.33. The molecule has 102 valence electrons. The van der Waals surface area contributed by atoms with Crippen molar-refractivity contribution >= 4 is 5.69 Å². The number of aryl methyl sites for hydroxylation is 1. The number of nitrogens with zero attached hydrogens (tertiary/aromatic N) is 2. The number of rotatable bonds is 2. The van der Waals surface area contributed by atoms with Gasteiger partial charge in [0.25, 0.3) is 0 Å². The van der Waals surface area contributed by atoms with E-state index in [4.69, 9.17) is 0 Å². The largest absolute Gasteiger partial charge is 0.393 e. The number of aliphatic hydroxyl groups is 1. The van der Waals surface area contributed by atoms with E-state index in [1.165, 1.54) is 5.69 Å². The minimum absolute atomic E-state index is 0.130. The van der Waals surface area contributed by atoms with E-state index in [0.29, 0.717) is 6.04 Å².